The zero-order valence-electron chi connectivity index (χ0n) is 11.2. The topological polar surface area (TPSA) is 41.6 Å². The van der Waals surface area contributed by atoms with Crippen LogP contribution >= 0.6 is 15.9 Å². The van der Waals surface area contributed by atoms with Crippen LogP contribution in [0.2, 0.25) is 0 Å². The fourth-order valence-corrected chi connectivity index (χ4v) is 3.34. The van der Waals surface area contributed by atoms with Crippen LogP contribution < -0.4 is 0 Å². The van der Waals surface area contributed by atoms with Crippen LogP contribution in [0.3, 0.4) is 0 Å². The average molecular weight is 310 g/mol. The molecule has 4 heteroatoms. The lowest BCUT2D eigenvalue weighted by Crippen LogP contribution is -2.26. The summed E-state index contributed by atoms with van der Waals surface area (Å²) in [5.41, 5.74) is 2.05. The highest BCUT2D eigenvalue weighted by Crippen LogP contribution is 2.40. The normalized spacial score (nSPS) is 18.6. The first kappa shape index (κ1) is 13.6. The Balaban J connectivity index is 2.30. The number of aromatic nitrogens is 2. The summed E-state index contributed by atoms with van der Waals surface area (Å²) in [6.45, 7) is 4.98. The summed E-state index contributed by atoms with van der Waals surface area (Å²) in [4.78, 5) is 0. The van der Waals surface area contributed by atoms with Gasteiger partial charge < -0.3 is 0 Å². The maximum absolute atomic E-state index is 9.57. The van der Waals surface area contributed by atoms with Gasteiger partial charge >= 0.3 is 0 Å². The highest BCUT2D eigenvalue weighted by atomic mass is 79.9. The molecule has 1 aromatic heterocycles. The standard InChI is InChI=1S/C14H20BrN3/c1-3-18-12(13(15)11(2)17-18)9-14(10-16)7-5-4-6-8-14/h3-9H2,1-2H3. The number of rotatable bonds is 3. The minimum absolute atomic E-state index is 0.167. The van der Waals surface area contributed by atoms with Crippen molar-refractivity contribution in [3.8, 4) is 6.07 Å². The molecule has 0 amide bonds. The molecule has 0 aliphatic heterocycles. The molecular formula is C14H20BrN3. The first-order chi connectivity index (χ1) is 8.62. The van der Waals surface area contributed by atoms with Crippen LogP contribution in [0.15, 0.2) is 4.47 Å². The number of nitriles is 1. The Labute approximate surface area is 117 Å². The maximum atomic E-state index is 9.57. The summed E-state index contributed by atoms with van der Waals surface area (Å²) in [6.07, 6.45) is 6.54. The monoisotopic (exact) mass is 309 g/mol. The molecule has 0 N–H and O–H groups in total. The average Bonchev–Trinajstić information content (AvgIpc) is 2.67. The van der Waals surface area contributed by atoms with Crippen molar-refractivity contribution in [2.45, 2.75) is 58.9 Å². The lowest BCUT2D eigenvalue weighted by molar-refractivity contribution is 0.260. The van der Waals surface area contributed by atoms with Crippen molar-refractivity contribution in [1.82, 2.24) is 9.78 Å². The van der Waals surface area contributed by atoms with Crippen molar-refractivity contribution >= 4 is 15.9 Å². The second-order valence-corrected chi connectivity index (χ2v) is 6.08. The third kappa shape index (κ3) is 2.47. The fraction of sp³-hybridized carbons (Fsp3) is 0.714. The molecule has 98 valence electrons. The van der Waals surface area contributed by atoms with Crippen LogP contribution in [0.4, 0.5) is 0 Å². The smallest absolute Gasteiger partial charge is 0.0738 e. The van der Waals surface area contributed by atoms with Gasteiger partial charge in [-0.3, -0.25) is 4.68 Å². The molecule has 1 aromatic rings. The van der Waals surface area contributed by atoms with Gasteiger partial charge in [0.2, 0.25) is 0 Å². The van der Waals surface area contributed by atoms with Crippen LogP contribution in [-0.2, 0) is 13.0 Å². The number of halogens is 1. The van der Waals surface area contributed by atoms with E-state index in [1.807, 2.05) is 11.6 Å². The van der Waals surface area contributed by atoms with Crippen LogP contribution in [0.5, 0.6) is 0 Å². The SMILES string of the molecule is CCn1nc(C)c(Br)c1CC1(C#N)CCCCC1. The Hall–Kier alpha value is -0.820. The third-order valence-corrected chi connectivity index (χ3v) is 5.04. The Morgan fingerprint density at radius 3 is 2.61 bits per heavy atom. The highest BCUT2D eigenvalue weighted by molar-refractivity contribution is 9.10. The first-order valence-corrected chi connectivity index (χ1v) is 7.54. The van der Waals surface area contributed by atoms with Crippen molar-refractivity contribution in [2.24, 2.45) is 5.41 Å². The van der Waals surface area contributed by atoms with E-state index < -0.39 is 0 Å². The van der Waals surface area contributed by atoms with Crippen molar-refractivity contribution in [1.29, 1.82) is 5.26 Å². The molecule has 0 saturated heterocycles. The summed E-state index contributed by atoms with van der Waals surface area (Å²) < 4.78 is 3.12. The molecule has 1 saturated carbocycles. The van der Waals surface area contributed by atoms with E-state index in [4.69, 9.17) is 0 Å². The van der Waals surface area contributed by atoms with Gasteiger partial charge in [-0.25, -0.2) is 0 Å². The van der Waals surface area contributed by atoms with Gasteiger partial charge in [0.15, 0.2) is 0 Å². The van der Waals surface area contributed by atoms with Gasteiger partial charge in [-0.1, -0.05) is 19.3 Å². The first-order valence-electron chi connectivity index (χ1n) is 6.75. The summed E-state index contributed by atoms with van der Waals surface area (Å²) in [5.74, 6) is 0. The largest absolute Gasteiger partial charge is 0.268 e. The van der Waals surface area contributed by atoms with E-state index in [-0.39, 0.29) is 5.41 Å². The number of aryl methyl sites for hydroxylation is 2. The molecule has 3 nitrogen and oxygen atoms in total. The van der Waals surface area contributed by atoms with Gasteiger partial charge in [0.25, 0.3) is 0 Å². The predicted molar refractivity (Wildman–Crippen MR) is 75.2 cm³/mol. The van der Waals surface area contributed by atoms with E-state index in [0.29, 0.717) is 0 Å². The molecule has 1 aliphatic carbocycles. The molecule has 0 bridgehead atoms. The Bertz CT molecular complexity index is 464. The molecule has 2 rings (SSSR count). The summed E-state index contributed by atoms with van der Waals surface area (Å²) >= 11 is 3.63. The summed E-state index contributed by atoms with van der Waals surface area (Å²) in [5, 5.41) is 14.1. The Kier molecular flexibility index (Phi) is 4.11. The Morgan fingerprint density at radius 1 is 1.39 bits per heavy atom. The zero-order chi connectivity index (χ0) is 13.2. The minimum atomic E-state index is -0.167. The van der Waals surface area contributed by atoms with Crippen LogP contribution in [0, 0.1) is 23.7 Å². The molecule has 0 unspecified atom stereocenters. The van der Waals surface area contributed by atoms with Crippen LogP contribution in [0.1, 0.15) is 50.4 Å². The van der Waals surface area contributed by atoms with Gasteiger partial charge in [0.05, 0.1) is 27.3 Å². The highest BCUT2D eigenvalue weighted by Gasteiger charge is 2.34. The molecule has 0 spiro atoms. The molecule has 0 radical (unpaired) electrons. The molecule has 0 aromatic carbocycles. The van der Waals surface area contributed by atoms with E-state index in [0.717, 1.165) is 36.0 Å². The quantitative estimate of drug-likeness (QED) is 0.847. The van der Waals surface area contributed by atoms with Crippen molar-refractivity contribution < 1.29 is 0 Å². The second kappa shape index (κ2) is 5.44. The van der Waals surface area contributed by atoms with Gasteiger partial charge in [0, 0.05) is 13.0 Å². The van der Waals surface area contributed by atoms with E-state index in [2.05, 4.69) is 34.0 Å². The Morgan fingerprint density at radius 2 is 2.06 bits per heavy atom. The van der Waals surface area contributed by atoms with Gasteiger partial charge in [-0.05, 0) is 42.6 Å². The van der Waals surface area contributed by atoms with E-state index in [1.54, 1.807) is 0 Å². The lowest BCUT2D eigenvalue weighted by atomic mass is 9.72. The van der Waals surface area contributed by atoms with Crippen LogP contribution in [0.25, 0.3) is 0 Å². The lowest BCUT2D eigenvalue weighted by Gasteiger charge is -2.30. The van der Waals surface area contributed by atoms with Gasteiger partial charge in [0.1, 0.15) is 0 Å². The van der Waals surface area contributed by atoms with E-state index in [9.17, 15) is 5.26 Å². The van der Waals surface area contributed by atoms with E-state index in [1.165, 1.54) is 25.0 Å². The molecule has 1 heterocycles. The maximum Gasteiger partial charge on any atom is 0.0738 e. The number of nitrogens with zero attached hydrogens (tertiary/aromatic N) is 3. The van der Waals surface area contributed by atoms with Crippen molar-refractivity contribution in [3.05, 3.63) is 15.9 Å². The predicted octanol–water partition coefficient (Wildman–Crippen LogP) is 3.99. The molecule has 1 aliphatic rings. The van der Waals surface area contributed by atoms with Gasteiger partial charge in [-0.15, -0.1) is 0 Å². The van der Waals surface area contributed by atoms with Crippen molar-refractivity contribution in [3.63, 3.8) is 0 Å². The molecular weight excluding hydrogens is 290 g/mol. The van der Waals surface area contributed by atoms with Crippen LogP contribution in [-0.4, -0.2) is 9.78 Å². The number of hydrogen-bond acceptors (Lipinski definition) is 2. The second-order valence-electron chi connectivity index (χ2n) is 5.29. The number of hydrogen-bond donors (Lipinski definition) is 0. The molecule has 1 fully saturated rings. The zero-order valence-corrected chi connectivity index (χ0v) is 12.8. The minimum Gasteiger partial charge on any atom is -0.268 e. The molecule has 0 atom stereocenters. The molecule has 18 heavy (non-hydrogen) atoms. The third-order valence-electron chi connectivity index (χ3n) is 4.01. The van der Waals surface area contributed by atoms with Crippen molar-refractivity contribution in [2.75, 3.05) is 0 Å². The van der Waals surface area contributed by atoms with Gasteiger partial charge in [-0.2, -0.15) is 10.4 Å². The fourth-order valence-electron chi connectivity index (χ4n) is 2.92. The summed E-state index contributed by atoms with van der Waals surface area (Å²) in [6, 6.07) is 2.59. The summed E-state index contributed by atoms with van der Waals surface area (Å²) in [7, 11) is 0. The van der Waals surface area contributed by atoms with E-state index >= 15 is 0 Å².